The largest absolute Gasteiger partial charge is 0.375 e. The quantitative estimate of drug-likeness (QED) is 0.824. The van der Waals surface area contributed by atoms with Crippen molar-refractivity contribution in [3.63, 3.8) is 0 Å². The lowest BCUT2D eigenvalue weighted by atomic mass is 10.2. The second-order valence-electron chi connectivity index (χ2n) is 4.11. The van der Waals surface area contributed by atoms with E-state index in [1.54, 1.807) is 11.3 Å². The van der Waals surface area contributed by atoms with Gasteiger partial charge in [-0.2, -0.15) is 0 Å². The highest BCUT2D eigenvalue weighted by atomic mass is 79.9. The van der Waals surface area contributed by atoms with Crippen LogP contribution < -0.4 is 11.1 Å². The summed E-state index contributed by atoms with van der Waals surface area (Å²) in [4.78, 5) is 2.27. The van der Waals surface area contributed by atoms with Crippen LogP contribution in [0, 0.1) is 12.7 Å². The van der Waals surface area contributed by atoms with E-state index < -0.39 is 0 Å². The smallest absolute Gasteiger partial charge is 0.125 e. The van der Waals surface area contributed by atoms with Gasteiger partial charge in [-0.25, -0.2) is 4.39 Å². The zero-order valence-electron chi connectivity index (χ0n) is 10.2. The van der Waals surface area contributed by atoms with Crippen LogP contribution in [0.15, 0.2) is 28.7 Å². The van der Waals surface area contributed by atoms with Crippen molar-refractivity contribution in [1.82, 2.24) is 0 Å². The molecule has 0 aliphatic carbocycles. The molecule has 2 nitrogen and oxygen atoms in total. The summed E-state index contributed by atoms with van der Waals surface area (Å²) in [5, 5.41) is 3.67. The van der Waals surface area contributed by atoms with Crippen LogP contribution in [0.5, 0.6) is 0 Å². The lowest BCUT2D eigenvalue weighted by molar-refractivity contribution is 0.627. The van der Waals surface area contributed by atoms with E-state index in [0.29, 0.717) is 17.3 Å². The average Bonchev–Trinajstić information content (AvgIpc) is 2.70. The summed E-state index contributed by atoms with van der Waals surface area (Å²) in [5.41, 5.74) is 6.35. The van der Waals surface area contributed by atoms with Gasteiger partial charge in [-0.05, 0) is 47.1 Å². The van der Waals surface area contributed by atoms with Gasteiger partial charge >= 0.3 is 0 Å². The second-order valence-corrected chi connectivity index (χ2v) is 6.66. The number of anilines is 1. The number of nitrogens with one attached hydrogen (secondary N) is 1. The summed E-state index contributed by atoms with van der Waals surface area (Å²) in [6, 6.07) is 6.17. The monoisotopic (exact) mass is 362 g/mol. The molecule has 1 unspecified atom stereocenters. The van der Waals surface area contributed by atoms with Crippen molar-refractivity contribution in [2.75, 3.05) is 11.9 Å². The fraction of sp³-hybridized carbons (Fsp3) is 0.231. The Morgan fingerprint density at radius 2 is 2.21 bits per heavy atom. The number of rotatable bonds is 4. The van der Waals surface area contributed by atoms with Crippen LogP contribution in [0.1, 0.15) is 15.8 Å². The molecule has 19 heavy (non-hydrogen) atoms. The molecule has 1 atom stereocenters. The zero-order valence-corrected chi connectivity index (χ0v) is 13.4. The minimum absolute atomic E-state index is 0.0886. The fourth-order valence-electron chi connectivity index (χ4n) is 1.70. The minimum Gasteiger partial charge on any atom is -0.375 e. The molecular formula is C13H13BrClFN2S. The zero-order chi connectivity index (χ0) is 14.0. The molecule has 2 rings (SSSR count). The van der Waals surface area contributed by atoms with Crippen LogP contribution in [0.25, 0.3) is 0 Å². The van der Waals surface area contributed by atoms with Crippen molar-refractivity contribution >= 4 is 44.6 Å². The van der Waals surface area contributed by atoms with Gasteiger partial charge in [0.05, 0.1) is 16.8 Å². The van der Waals surface area contributed by atoms with E-state index in [9.17, 15) is 4.39 Å². The van der Waals surface area contributed by atoms with E-state index in [0.717, 1.165) is 9.35 Å². The third-order valence-corrected chi connectivity index (χ3v) is 5.29. The van der Waals surface area contributed by atoms with Gasteiger partial charge in [-0.15, -0.1) is 11.3 Å². The molecule has 2 aromatic rings. The molecule has 6 heteroatoms. The number of benzene rings is 1. The first-order valence-corrected chi connectivity index (χ1v) is 7.67. The first kappa shape index (κ1) is 14.8. The molecule has 0 fully saturated rings. The van der Waals surface area contributed by atoms with Gasteiger partial charge in [0.1, 0.15) is 5.82 Å². The molecule has 1 aromatic carbocycles. The van der Waals surface area contributed by atoms with E-state index >= 15 is 0 Å². The number of nitrogens with two attached hydrogens (primary N) is 1. The van der Waals surface area contributed by atoms with Gasteiger partial charge < -0.3 is 11.1 Å². The van der Waals surface area contributed by atoms with Crippen LogP contribution in [0.2, 0.25) is 5.02 Å². The predicted octanol–water partition coefficient (Wildman–Crippen LogP) is 4.72. The van der Waals surface area contributed by atoms with Crippen LogP contribution in [-0.4, -0.2) is 6.54 Å². The third-order valence-electron chi connectivity index (χ3n) is 2.71. The van der Waals surface area contributed by atoms with Crippen molar-refractivity contribution in [1.29, 1.82) is 0 Å². The topological polar surface area (TPSA) is 38.0 Å². The van der Waals surface area contributed by atoms with E-state index in [4.69, 9.17) is 17.3 Å². The summed E-state index contributed by atoms with van der Waals surface area (Å²) in [5.74, 6) is -0.328. The Morgan fingerprint density at radius 3 is 2.79 bits per heavy atom. The minimum atomic E-state index is -0.328. The van der Waals surface area contributed by atoms with Crippen molar-refractivity contribution in [3.05, 3.63) is 49.3 Å². The number of hydrogen-bond donors (Lipinski definition) is 2. The van der Waals surface area contributed by atoms with E-state index in [1.807, 2.05) is 13.0 Å². The van der Waals surface area contributed by atoms with E-state index in [2.05, 4.69) is 21.2 Å². The molecule has 3 N–H and O–H groups in total. The van der Waals surface area contributed by atoms with Gasteiger partial charge in [0.25, 0.3) is 0 Å². The molecule has 0 saturated heterocycles. The van der Waals surface area contributed by atoms with Gasteiger partial charge in [-0.3, -0.25) is 0 Å². The highest BCUT2D eigenvalue weighted by Crippen LogP contribution is 2.33. The number of halogens is 3. The Kier molecular flexibility index (Phi) is 4.84. The molecule has 0 aliphatic rings. The summed E-state index contributed by atoms with van der Waals surface area (Å²) in [6.07, 6.45) is 0. The Hall–Kier alpha value is -0.620. The number of thiophene rings is 1. The van der Waals surface area contributed by atoms with Crippen molar-refractivity contribution in [3.8, 4) is 0 Å². The van der Waals surface area contributed by atoms with E-state index in [-0.39, 0.29) is 11.9 Å². The molecule has 0 spiro atoms. The molecule has 1 heterocycles. The average molecular weight is 364 g/mol. The Balaban J connectivity index is 2.26. The normalized spacial score (nSPS) is 12.5. The van der Waals surface area contributed by atoms with Crippen molar-refractivity contribution in [2.24, 2.45) is 5.73 Å². The molecular weight excluding hydrogens is 351 g/mol. The van der Waals surface area contributed by atoms with Crippen LogP contribution in [-0.2, 0) is 0 Å². The molecule has 0 bridgehead atoms. The standard InChI is InChI=1S/C13H13BrClFN2S/c1-7-9(14)5-13(19-7)12(6-17)18-11-4-8(16)2-3-10(11)15/h2-5,12,18H,6,17H2,1H3. The predicted molar refractivity (Wildman–Crippen MR) is 83.6 cm³/mol. The lowest BCUT2D eigenvalue weighted by Crippen LogP contribution is -2.19. The maximum Gasteiger partial charge on any atom is 0.125 e. The second kappa shape index (κ2) is 6.22. The maximum atomic E-state index is 13.2. The highest BCUT2D eigenvalue weighted by Gasteiger charge is 2.15. The first-order chi connectivity index (χ1) is 9.01. The fourth-order valence-corrected chi connectivity index (χ4v) is 3.49. The van der Waals surface area contributed by atoms with Crippen molar-refractivity contribution < 1.29 is 4.39 Å². The molecule has 0 radical (unpaired) electrons. The molecule has 0 saturated carbocycles. The third kappa shape index (κ3) is 3.48. The molecule has 0 aliphatic heterocycles. The molecule has 102 valence electrons. The Morgan fingerprint density at radius 1 is 1.47 bits per heavy atom. The van der Waals surface area contributed by atoms with Crippen LogP contribution in [0.4, 0.5) is 10.1 Å². The van der Waals surface area contributed by atoms with E-state index in [1.165, 1.54) is 23.1 Å². The first-order valence-electron chi connectivity index (χ1n) is 5.68. The van der Waals surface area contributed by atoms with Gasteiger partial charge in [-0.1, -0.05) is 11.6 Å². The summed E-state index contributed by atoms with van der Waals surface area (Å²) in [7, 11) is 0. The van der Waals surface area contributed by atoms with Gasteiger partial charge in [0.2, 0.25) is 0 Å². The maximum absolute atomic E-state index is 13.2. The number of hydrogen-bond acceptors (Lipinski definition) is 3. The highest BCUT2D eigenvalue weighted by molar-refractivity contribution is 9.10. The van der Waals surface area contributed by atoms with Crippen LogP contribution in [0.3, 0.4) is 0 Å². The SMILES string of the molecule is Cc1sc(C(CN)Nc2cc(F)ccc2Cl)cc1Br. The Labute approximate surface area is 128 Å². The van der Waals surface area contributed by atoms with Gasteiger partial charge in [0.15, 0.2) is 0 Å². The number of aryl methyl sites for hydroxylation is 1. The molecule has 1 aromatic heterocycles. The van der Waals surface area contributed by atoms with Crippen molar-refractivity contribution in [2.45, 2.75) is 13.0 Å². The summed E-state index contributed by atoms with van der Waals surface area (Å²) >= 11 is 11.2. The summed E-state index contributed by atoms with van der Waals surface area (Å²) in [6.45, 7) is 2.43. The Bertz CT molecular complexity index is 569. The van der Waals surface area contributed by atoms with Crippen LogP contribution >= 0.6 is 38.9 Å². The lowest BCUT2D eigenvalue weighted by Gasteiger charge is -2.17. The van der Waals surface area contributed by atoms with Gasteiger partial charge in [0, 0.05) is 20.8 Å². The summed E-state index contributed by atoms with van der Waals surface area (Å²) < 4.78 is 14.3. The molecule has 0 amide bonds.